The third kappa shape index (κ3) is 3.32. The molecule has 1 aliphatic heterocycles. The third-order valence-corrected chi connectivity index (χ3v) is 4.08. The van der Waals surface area contributed by atoms with E-state index in [0.29, 0.717) is 11.6 Å². The topological polar surface area (TPSA) is 29.5 Å². The molecule has 0 amide bonds. The molecule has 22 heavy (non-hydrogen) atoms. The van der Waals surface area contributed by atoms with Crippen molar-refractivity contribution in [3.8, 4) is 0 Å². The van der Waals surface area contributed by atoms with E-state index in [0.717, 1.165) is 30.6 Å². The number of allylic oxidation sites excluding steroid dienone is 1. The summed E-state index contributed by atoms with van der Waals surface area (Å²) in [6, 6.07) is 6.31. The zero-order valence-corrected chi connectivity index (χ0v) is 13.8. The summed E-state index contributed by atoms with van der Waals surface area (Å²) in [4.78, 5) is 13.9. The predicted octanol–water partition coefficient (Wildman–Crippen LogP) is 4.11. The number of fused-ring (bicyclic) bond motifs is 1. The van der Waals surface area contributed by atoms with Crippen LogP contribution in [0.5, 0.6) is 0 Å². The van der Waals surface area contributed by atoms with Gasteiger partial charge in [0.2, 0.25) is 5.83 Å². The second kappa shape index (κ2) is 6.95. The highest BCUT2D eigenvalue weighted by Crippen LogP contribution is 2.32. The number of hydrogen-bond donors (Lipinski definition) is 0. The van der Waals surface area contributed by atoms with Crippen molar-refractivity contribution < 1.29 is 13.9 Å². The number of nitrogens with zero attached hydrogens (tertiary/aromatic N) is 1. The van der Waals surface area contributed by atoms with Gasteiger partial charge in [-0.1, -0.05) is 12.1 Å². The van der Waals surface area contributed by atoms with Gasteiger partial charge in [-0.25, -0.2) is 4.79 Å². The molecule has 0 saturated carbocycles. The quantitative estimate of drug-likeness (QED) is 0.619. The van der Waals surface area contributed by atoms with E-state index in [1.165, 1.54) is 5.56 Å². The lowest BCUT2D eigenvalue weighted by atomic mass is 9.96. The number of rotatable bonds is 4. The van der Waals surface area contributed by atoms with Gasteiger partial charge in [0.05, 0.1) is 6.61 Å². The van der Waals surface area contributed by atoms with E-state index in [1.807, 2.05) is 18.2 Å². The van der Waals surface area contributed by atoms with Gasteiger partial charge >= 0.3 is 5.97 Å². The van der Waals surface area contributed by atoms with Crippen LogP contribution >= 0.6 is 0 Å². The summed E-state index contributed by atoms with van der Waals surface area (Å²) >= 11 is 0. The molecule has 120 valence electrons. The Kier molecular flexibility index (Phi) is 5.22. The van der Waals surface area contributed by atoms with Crippen molar-refractivity contribution in [3.63, 3.8) is 0 Å². The molecule has 1 aromatic rings. The van der Waals surface area contributed by atoms with Crippen molar-refractivity contribution >= 4 is 17.2 Å². The minimum Gasteiger partial charge on any atom is -0.461 e. The predicted molar refractivity (Wildman–Crippen MR) is 87.6 cm³/mol. The molecule has 0 radical (unpaired) electrons. The van der Waals surface area contributed by atoms with Crippen LogP contribution in [0.4, 0.5) is 10.1 Å². The minimum atomic E-state index is -0.890. The van der Waals surface area contributed by atoms with E-state index in [2.05, 4.69) is 18.7 Å². The number of benzene rings is 1. The molecule has 0 aromatic heterocycles. The number of carbonyl (C=O) groups excluding carboxylic acids is 1. The Hall–Kier alpha value is -1.84. The van der Waals surface area contributed by atoms with Crippen molar-refractivity contribution in [3.05, 3.63) is 35.2 Å². The van der Waals surface area contributed by atoms with E-state index in [-0.39, 0.29) is 6.61 Å². The van der Waals surface area contributed by atoms with Gasteiger partial charge in [-0.3, -0.25) is 0 Å². The highest BCUT2D eigenvalue weighted by atomic mass is 19.1. The van der Waals surface area contributed by atoms with E-state index >= 15 is 0 Å². The maximum Gasteiger partial charge on any atom is 0.367 e. The van der Waals surface area contributed by atoms with Crippen LogP contribution in [0.2, 0.25) is 0 Å². The van der Waals surface area contributed by atoms with Crippen LogP contribution in [0.3, 0.4) is 0 Å². The number of halogens is 1. The maximum atomic E-state index is 14.1. The van der Waals surface area contributed by atoms with Gasteiger partial charge in [0.1, 0.15) is 0 Å². The smallest absolute Gasteiger partial charge is 0.367 e. The van der Waals surface area contributed by atoms with Gasteiger partial charge in [0.25, 0.3) is 0 Å². The molecule has 0 fully saturated rings. The SMILES string of the molecule is CCOC(=O)/C(F)=C(/C)c1ccc2c(c1)N(C(C)C)CCC2. The van der Waals surface area contributed by atoms with Crippen molar-refractivity contribution in [2.45, 2.75) is 46.6 Å². The van der Waals surface area contributed by atoms with Crippen molar-refractivity contribution in [2.75, 3.05) is 18.1 Å². The molecule has 0 unspecified atom stereocenters. The van der Waals surface area contributed by atoms with Gasteiger partial charge in [-0.2, -0.15) is 4.39 Å². The van der Waals surface area contributed by atoms with Gasteiger partial charge in [0, 0.05) is 18.3 Å². The molecule has 1 aromatic carbocycles. The fourth-order valence-electron chi connectivity index (χ4n) is 2.85. The standard InChI is InChI=1S/C18H24FNO2/c1-5-22-18(21)17(19)13(4)15-9-8-14-7-6-10-20(12(2)3)16(14)11-15/h8-9,11-12H,5-7,10H2,1-4H3/b17-13+. The van der Waals surface area contributed by atoms with Crippen LogP contribution in [0, 0.1) is 0 Å². The van der Waals surface area contributed by atoms with Gasteiger partial charge < -0.3 is 9.64 Å². The summed E-state index contributed by atoms with van der Waals surface area (Å²) in [6.45, 7) is 8.78. The van der Waals surface area contributed by atoms with E-state index in [4.69, 9.17) is 4.74 Å². The van der Waals surface area contributed by atoms with Crippen LogP contribution in [0.1, 0.15) is 45.2 Å². The summed E-state index contributed by atoms with van der Waals surface area (Å²) < 4.78 is 18.9. The molecule has 1 aliphatic rings. The highest BCUT2D eigenvalue weighted by molar-refractivity contribution is 5.95. The maximum absolute atomic E-state index is 14.1. The Balaban J connectivity index is 2.40. The van der Waals surface area contributed by atoms with E-state index < -0.39 is 11.8 Å². The van der Waals surface area contributed by atoms with Crippen molar-refractivity contribution in [1.29, 1.82) is 0 Å². The largest absolute Gasteiger partial charge is 0.461 e. The van der Waals surface area contributed by atoms with Crippen LogP contribution < -0.4 is 4.90 Å². The summed E-state index contributed by atoms with van der Waals surface area (Å²) in [5.74, 6) is -1.70. The second-order valence-corrected chi connectivity index (χ2v) is 5.89. The average molecular weight is 305 g/mol. The first-order valence-electron chi connectivity index (χ1n) is 7.89. The molecule has 2 rings (SSSR count). The molecule has 0 spiro atoms. The average Bonchev–Trinajstić information content (AvgIpc) is 2.52. The Morgan fingerprint density at radius 1 is 1.41 bits per heavy atom. The molecule has 0 saturated heterocycles. The number of esters is 1. The fraction of sp³-hybridized carbons (Fsp3) is 0.500. The first-order valence-corrected chi connectivity index (χ1v) is 7.89. The Bertz CT molecular complexity index is 593. The summed E-state index contributed by atoms with van der Waals surface area (Å²) in [5.41, 5.74) is 3.50. The fourth-order valence-corrected chi connectivity index (χ4v) is 2.85. The van der Waals surface area contributed by atoms with E-state index in [9.17, 15) is 9.18 Å². The monoisotopic (exact) mass is 305 g/mol. The van der Waals surface area contributed by atoms with Crippen LogP contribution in [0.25, 0.3) is 5.57 Å². The number of ether oxygens (including phenoxy) is 1. The Morgan fingerprint density at radius 3 is 2.77 bits per heavy atom. The van der Waals surface area contributed by atoms with Crippen LogP contribution in [0.15, 0.2) is 24.0 Å². The first kappa shape index (κ1) is 16.5. The second-order valence-electron chi connectivity index (χ2n) is 5.89. The summed E-state index contributed by atoms with van der Waals surface area (Å²) in [5, 5.41) is 0. The molecule has 3 nitrogen and oxygen atoms in total. The lowest BCUT2D eigenvalue weighted by molar-refractivity contribution is -0.140. The van der Waals surface area contributed by atoms with Crippen LogP contribution in [-0.4, -0.2) is 25.2 Å². The molecular formula is C18H24FNO2. The summed E-state index contributed by atoms with van der Waals surface area (Å²) in [7, 11) is 0. The normalized spacial score (nSPS) is 15.5. The molecule has 0 atom stereocenters. The Labute approximate surface area is 131 Å². The molecule has 0 bridgehead atoms. The Morgan fingerprint density at radius 2 is 2.14 bits per heavy atom. The number of hydrogen-bond acceptors (Lipinski definition) is 3. The zero-order valence-electron chi connectivity index (χ0n) is 13.8. The molecular weight excluding hydrogens is 281 g/mol. The van der Waals surface area contributed by atoms with Crippen LogP contribution in [-0.2, 0) is 16.0 Å². The van der Waals surface area contributed by atoms with Gasteiger partial charge in [0.15, 0.2) is 0 Å². The summed E-state index contributed by atoms with van der Waals surface area (Å²) in [6.07, 6.45) is 2.18. The molecule has 1 heterocycles. The van der Waals surface area contributed by atoms with Gasteiger partial charge in [-0.05, 0) is 63.3 Å². The third-order valence-electron chi connectivity index (χ3n) is 4.08. The number of aryl methyl sites for hydroxylation is 1. The van der Waals surface area contributed by atoms with Gasteiger partial charge in [-0.15, -0.1) is 0 Å². The molecule has 0 aliphatic carbocycles. The number of anilines is 1. The molecule has 0 N–H and O–H groups in total. The highest BCUT2D eigenvalue weighted by Gasteiger charge is 2.21. The molecule has 4 heteroatoms. The first-order chi connectivity index (χ1) is 10.5. The zero-order chi connectivity index (χ0) is 16.3. The van der Waals surface area contributed by atoms with E-state index in [1.54, 1.807) is 13.8 Å². The van der Waals surface area contributed by atoms with Crippen molar-refractivity contribution in [2.24, 2.45) is 0 Å². The van der Waals surface area contributed by atoms with Crippen molar-refractivity contribution in [1.82, 2.24) is 0 Å². The number of carbonyl (C=O) groups is 1. The minimum absolute atomic E-state index is 0.171. The lowest BCUT2D eigenvalue weighted by Crippen LogP contribution is -2.35. The lowest BCUT2D eigenvalue weighted by Gasteiger charge is -2.35.